The van der Waals surface area contributed by atoms with Crippen LogP contribution >= 0.6 is 0 Å². The summed E-state index contributed by atoms with van der Waals surface area (Å²) in [6, 6.07) is 17.7. The number of carbonyl (C=O) groups excluding carboxylic acids is 1. The van der Waals surface area contributed by atoms with Crippen LogP contribution in [-0.4, -0.2) is 44.3 Å². The van der Waals surface area contributed by atoms with Gasteiger partial charge < -0.3 is 10.4 Å². The van der Waals surface area contributed by atoms with E-state index in [1.54, 1.807) is 12.2 Å². The highest BCUT2D eigenvalue weighted by Gasteiger charge is 2.56. The number of H-pyrrole nitrogens is 1. The Bertz CT molecular complexity index is 1230. The molecule has 7 heteroatoms. The van der Waals surface area contributed by atoms with Gasteiger partial charge in [0.1, 0.15) is 0 Å². The summed E-state index contributed by atoms with van der Waals surface area (Å²) in [6.45, 7) is 0.150. The highest BCUT2D eigenvalue weighted by molar-refractivity contribution is 6.04. The largest absolute Gasteiger partial charge is 0.465 e. The molecule has 1 atom stereocenters. The number of aromatic amines is 1. The molecule has 0 spiro atoms. The van der Waals surface area contributed by atoms with Gasteiger partial charge in [-0.15, -0.1) is 0 Å². The molecule has 2 amide bonds. The third-order valence-electron chi connectivity index (χ3n) is 6.83. The molecule has 1 aliphatic heterocycles. The Balaban J connectivity index is 1.49. The van der Waals surface area contributed by atoms with Crippen molar-refractivity contribution in [3.05, 3.63) is 83.6 Å². The van der Waals surface area contributed by atoms with Crippen LogP contribution in [0.1, 0.15) is 41.5 Å². The summed E-state index contributed by atoms with van der Waals surface area (Å²) in [7, 11) is 0. The first-order valence-electron chi connectivity index (χ1n) is 10.8. The number of anilines is 1. The average Bonchev–Trinajstić information content (AvgIpc) is 3.24. The van der Waals surface area contributed by atoms with Crippen LogP contribution in [0.5, 0.6) is 0 Å². The molecule has 1 saturated carbocycles. The number of hydrogen-bond acceptors (Lipinski definition) is 3. The number of aromatic nitrogens is 2. The van der Waals surface area contributed by atoms with E-state index in [2.05, 4.69) is 15.5 Å². The third-order valence-corrected chi connectivity index (χ3v) is 6.83. The molecule has 1 aromatic heterocycles. The monoisotopic (exact) mass is 426 g/mol. The molecule has 2 aliphatic carbocycles. The Hall–Kier alpha value is -3.87. The summed E-state index contributed by atoms with van der Waals surface area (Å²) in [5.74, 6) is 0.0182. The zero-order chi connectivity index (χ0) is 21.9. The van der Waals surface area contributed by atoms with Gasteiger partial charge in [-0.3, -0.25) is 14.8 Å². The number of benzene rings is 2. The van der Waals surface area contributed by atoms with E-state index in [1.165, 1.54) is 4.90 Å². The van der Waals surface area contributed by atoms with E-state index in [-0.39, 0.29) is 6.54 Å². The van der Waals surface area contributed by atoms with E-state index < -0.39 is 23.5 Å². The van der Waals surface area contributed by atoms with Crippen LogP contribution in [0.15, 0.2) is 66.7 Å². The van der Waals surface area contributed by atoms with Crippen LogP contribution in [0.3, 0.4) is 0 Å². The lowest BCUT2D eigenvalue weighted by atomic mass is 9.76. The summed E-state index contributed by atoms with van der Waals surface area (Å²) in [4.78, 5) is 27.5. The molecular formula is C25H22N4O3. The molecule has 1 fully saturated rings. The molecule has 0 unspecified atom stereocenters. The van der Waals surface area contributed by atoms with Gasteiger partial charge in [0.25, 0.3) is 5.91 Å². The summed E-state index contributed by atoms with van der Waals surface area (Å²) >= 11 is 0. The van der Waals surface area contributed by atoms with Gasteiger partial charge >= 0.3 is 6.09 Å². The van der Waals surface area contributed by atoms with Crippen molar-refractivity contribution in [2.75, 3.05) is 11.9 Å². The zero-order valence-corrected chi connectivity index (χ0v) is 17.3. The molecule has 32 heavy (non-hydrogen) atoms. The Morgan fingerprint density at radius 2 is 1.72 bits per heavy atom. The number of nitrogens with one attached hydrogen (secondary N) is 2. The molecule has 3 N–H and O–H groups in total. The zero-order valence-electron chi connectivity index (χ0n) is 17.3. The summed E-state index contributed by atoms with van der Waals surface area (Å²) in [5.41, 5.74) is 3.53. The number of amides is 2. The lowest BCUT2D eigenvalue weighted by molar-refractivity contribution is -0.124. The first-order chi connectivity index (χ1) is 15.6. The van der Waals surface area contributed by atoms with Gasteiger partial charge in [-0.25, -0.2) is 4.79 Å². The molecule has 160 valence electrons. The summed E-state index contributed by atoms with van der Waals surface area (Å²) in [6.07, 6.45) is 4.61. The van der Waals surface area contributed by atoms with Crippen molar-refractivity contribution in [1.82, 2.24) is 15.1 Å². The minimum absolute atomic E-state index is 0.150. The van der Waals surface area contributed by atoms with Crippen LogP contribution in [0.4, 0.5) is 10.6 Å². The minimum Gasteiger partial charge on any atom is -0.465 e. The van der Waals surface area contributed by atoms with Crippen molar-refractivity contribution in [2.24, 2.45) is 0 Å². The van der Waals surface area contributed by atoms with E-state index in [9.17, 15) is 14.7 Å². The van der Waals surface area contributed by atoms with Gasteiger partial charge in [-0.1, -0.05) is 60.7 Å². The smallest absolute Gasteiger partial charge is 0.408 e. The molecule has 2 heterocycles. The molecule has 7 nitrogen and oxygen atoms in total. The Kier molecular flexibility index (Phi) is 4.02. The van der Waals surface area contributed by atoms with Crippen molar-refractivity contribution < 1.29 is 14.7 Å². The number of rotatable bonds is 4. The number of carbonyl (C=O) groups is 2. The van der Waals surface area contributed by atoms with Crippen molar-refractivity contribution in [3.8, 4) is 11.1 Å². The molecule has 3 aromatic rings. The van der Waals surface area contributed by atoms with Crippen molar-refractivity contribution >= 4 is 17.8 Å². The van der Waals surface area contributed by atoms with Crippen LogP contribution in [0.2, 0.25) is 0 Å². The van der Waals surface area contributed by atoms with Gasteiger partial charge in [0, 0.05) is 30.1 Å². The fourth-order valence-electron chi connectivity index (χ4n) is 5.25. The molecule has 2 aromatic carbocycles. The van der Waals surface area contributed by atoms with Crippen LogP contribution < -0.4 is 5.32 Å². The average molecular weight is 426 g/mol. The highest BCUT2D eigenvalue weighted by Crippen LogP contribution is 2.53. The number of hydrogen-bond donors (Lipinski definition) is 3. The standard InChI is InChI=1S/C25H22N4O3/c30-23(26-21-14-20(27-28-21)15-10-11-15)25(12-5-13-29(25)24(31)32)22-18-8-3-1-6-16(18)17-7-2-4-9-19(17)22/h1-9,12,14-15,22H,10-11,13H2,(H,31,32)(H2,26,27,28,30)/t25-/m0/s1. The molecule has 3 aliphatic rings. The molecule has 6 rings (SSSR count). The molecule has 0 bridgehead atoms. The van der Waals surface area contributed by atoms with Crippen LogP contribution in [0, 0.1) is 0 Å². The lowest BCUT2D eigenvalue weighted by Gasteiger charge is -2.40. The van der Waals surface area contributed by atoms with Gasteiger partial charge in [-0.05, 0) is 35.1 Å². The quantitative estimate of drug-likeness (QED) is 0.541. The fraction of sp³-hybridized carbons (Fsp3) is 0.240. The first-order valence-corrected chi connectivity index (χ1v) is 10.8. The van der Waals surface area contributed by atoms with E-state index in [0.29, 0.717) is 11.7 Å². The molecule has 0 saturated heterocycles. The summed E-state index contributed by atoms with van der Waals surface area (Å²) in [5, 5.41) is 20.3. The predicted octanol–water partition coefficient (Wildman–Crippen LogP) is 4.33. The van der Waals surface area contributed by atoms with Gasteiger partial charge in [0.2, 0.25) is 0 Å². The maximum Gasteiger partial charge on any atom is 0.408 e. The maximum atomic E-state index is 13.9. The Morgan fingerprint density at radius 3 is 2.34 bits per heavy atom. The number of carboxylic acid groups (broad SMARTS) is 1. The lowest BCUT2D eigenvalue weighted by Crippen LogP contribution is -2.58. The van der Waals surface area contributed by atoms with Gasteiger partial charge in [-0.2, -0.15) is 5.10 Å². The maximum absolute atomic E-state index is 13.9. The van der Waals surface area contributed by atoms with Crippen LogP contribution in [0.25, 0.3) is 11.1 Å². The van der Waals surface area contributed by atoms with Crippen LogP contribution in [-0.2, 0) is 4.79 Å². The van der Waals surface area contributed by atoms with E-state index in [1.807, 2.05) is 54.6 Å². The minimum atomic E-state index is -1.42. The third kappa shape index (κ3) is 2.64. The highest BCUT2D eigenvalue weighted by atomic mass is 16.4. The normalized spacial score (nSPS) is 21.4. The second-order valence-electron chi connectivity index (χ2n) is 8.67. The molecular weight excluding hydrogens is 404 g/mol. The predicted molar refractivity (Wildman–Crippen MR) is 120 cm³/mol. The van der Waals surface area contributed by atoms with E-state index >= 15 is 0 Å². The van der Waals surface area contributed by atoms with Gasteiger partial charge in [0.15, 0.2) is 11.4 Å². The Morgan fingerprint density at radius 1 is 1.06 bits per heavy atom. The van der Waals surface area contributed by atoms with Crippen molar-refractivity contribution in [3.63, 3.8) is 0 Å². The van der Waals surface area contributed by atoms with E-state index in [0.717, 1.165) is 40.8 Å². The first kappa shape index (κ1) is 18.9. The Labute approximate surface area is 184 Å². The molecule has 0 radical (unpaired) electrons. The number of fused-ring (bicyclic) bond motifs is 3. The number of nitrogens with zero attached hydrogens (tertiary/aromatic N) is 2. The van der Waals surface area contributed by atoms with E-state index in [4.69, 9.17) is 0 Å². The summed E-state index contributed by atoms with van der Waals surface area (Å²) < 4.78 is 0. The van der Waals surface area contributed by atoms with Gasteiger partial charge in [0.05, 0.1) is 0 Å². The SMILES string of the molecule is O=C(O)N1CC=C[C@@]1(C(=O)Nc1cc(C2CC2)[nH]n1)C1c2ccccc2-c2ccccc21. The second kappa shape index (κ2) is 6.82. The van der Waals surface area contributed by atoms with Crippen molar-refractivity contribution in [1.29, 1.82) is 0 Å². The second-order valence-corrected chi connectivity index (χ2v) is 8.67. The topological polar surface area (TPSA) is 98.3 Å². The van der Waals surface area contributed by atoms with Crippen molar-refractivity contribution in [2.45, 2.75) is 30.2 Å². The fourth-order valence-corrected chi connectivity index (χ4v) is 5.25.